The molecule has 4 rings (SSSR count). The minimum atomic E-state index is -0.826. The number of fused-ring (bicyclic) bond motifs is 1. The number of carbonyl (C=O) groups excluding carboxylic acids is 1. The molecule has 1 saturated heterocycles. The highest BCUT2D eigenvalue weighted by molar-refractivity contribution is 7.19. The lowest BCUT2D eigenvalue weighted by Crippen LogP contribution is -2.37. The number of likely N-dealkylation sites (tertiary alicyclic amines) is 1. The molecule has 1 aliphatic heterocycles. The molecule has 0 N–H and O–H groups in total. The van der Waals surface area contributed by atoms with Crippen molar-refractivity contribution in [2.75, 3.05) is 13.1 Å². The maximum atomic E-state index is 12.8. The van der Waals surface area contributed by atoms with E-state index in [1.807, 2.05) is 16.2 Å². The fourth-order valence-corrected chi connectivity index (χ4v) is 4.91. The third-order valence-corrected chi connectivity index (χ3v) is 6.42. The summed E-state index contributed by atoms with van der Waals surface area (Å²) in [5, 5.41) is 10.8. The first kappa shape index (κ1) is 18.4. The maximum absolute atomic E-state index is 12.8. The molecule has 6 nitrogen and oxygen atoms in total. The highest BCUT2D eigenvalue weighted by Gasteiger charge is 2.25. The third-order valence-electron chi connectivity index (χ3n) is 5.14. The van der Waals surface area contributed by atoms with Crippen LogP contribution in [0.2, 0.25) is 0 Å². The topological polar surface area (TPSA) is 72.7 Å². The Hall–Kier alpha value is -2.93. The molecule has 1 aromatic heterocycles. The van der Waals surface area contributed by atoms with Crippen molar-refractivity contribution < 1.29 is 14.7 Å². The van der Waals surface area contributed by atoms with E-state index in [-0.39, 0.29) is 12.5 Å². The van der Waals surface area contributed by atoms with Gasteiger partial charge in [-0.2, -0.15) is 0 Å². The molecule has 0 aliphatic carbocycles. The van der Waals surface area contributed by atoms with E-state index in [1.54, 1.807) is 24.3 Å². The molecule has 0 unspecified atom stereocenters. The van der Waals surface area contributed by atoms with Crippen molar-refractivity contribution in [3.05, 3.63) is 80.7 Å². The molecule has 2 aromatic carbocycles. The number of piperidine rings is 1. The van der Waals surface area contributed by atoms with E-state index in [0.29, 0.717) is 30.1 Å². The van der Waals surface area contributed by atoms with Crippen LogP contribution in [0.15, 0.2) is 54.6 Å². The average Bonchev–Trinajstić information content (AvgIpc) is 3.16. The van der Waals surface area contributed by atoms with Gasteiger partial charge in [-0.3, -0.25) is 4.79 Å². The molecule has 0 radical (unpaired) electrons. The smallest absolute Gasteiger partial charge is 0.294 e. The highest BCUT2D eigenvalue weighted by Crippen LogP contribution is 2.36. The lowest BCUT2D eigenvalue weighted by Gasteiger charge is -2.31. The number of hydrogen-bond acceptors (Lipinski definition) is 5. The molecule has 0 saturated carbocycles. The fourth-order valence-electron chi connectivity index (χ4n) is 3.67. The number of carbonyl (C=O) groups is 1. The Morgan fingerprint density at radius 3 is 2.68 bits per heavy atom. The first-order valence-corrected chi connectivity index (χ1v) is 10.1. The van der Waals surface area contributed by atoms with Crippen molar-refractivity contribution in [2.45, 2.75) is 25.4 Å². The van der Waals surface area contributed by atoms with Crippen molar-refractivity contribution in [1.29, 1.82) is 0 Å². The Balaban J connectivity index is 1.40. The van der Waals surface area contributed by atoms with Crippen LogP contribution in [-0.4, -0.2) is 29.0 Å². The van der Waals surface area contributed by atoms with E-state index < -0.39 is 5.09 Å². The van der Waals surface area contributed by atoms with Crippen molar-refractivity contribution in [3.8, 4) is 0 Å². The minimum absolute atomic E-state index is 0.0299. The second-order valence-corrected chi connectivity index (χ2v) is 8.07. The second-order valence-electron chi connectivity index (χ2n) is 6.95. The van der Waals surface area contributed by atoms with Gasteiger partial charge in [-0.05, 0) is 54.0 Å². The van der Waals surface area contributed by atoms with Crippen LogP contribution in [0, 0.1) is 10.1 Å². The number of benzene rings is 2. The zero-order valence-corrected chi connectivity index (χ0v) is 16.1. The van der Waals surface area contributed by atoms with Crippen molar-refractivity contribution in [2.24, 2.45) is 0 Å². The number of rotatable bonds is 5. The Labute approximate surface area is 166 Å². The number of nitrogens with zero attached hydrogens (tertiary/aromatic N) is 2. The van der Waals surface area contributed by atoms with E-state index >= 15 is 0 Å². The zero-order chi connectivity index (χ0) is 19.5. The first-order chi connectivity index (χ1) is 13.6. The molecule has 1 fully saturated rings. The van der Waals surface area contributed by atoms with Crippen LogP contribution in [0.4, 0.5) is 0 Å². The van der Waals surface area contributed by atoms with Gasteiger partial charge in [0.1, 0.15) is 6.61 Å². The van der Waals surface area contributed by atoms with Crippen LogP contribution >= 0.6 is 11.3 Å². The monoisotopic (exact) mass is 396 g/mol. The van der Waals surface area contributed by atoms with Crippen molar-refractivity contribution >= 4 is 27.3 Å². The van der Waals surface area contributed by atoms with E-state index in [0.717, 1.165) is 12.8 Å². The Bertz CT molecular complexity index is 975. The predicted octanol–water partition coefficient (Wildman–Crippen LogP) is 4.63. The molecule has 2 heterocycles. The van der Waals surface area contributed by atoms with Gasteiger partial charge in [-0.15, -0.1) is 21.5 Å². The van der Waals surface area contributed by atoms with Gasteiger partial charge >= 0.3 is 0 Å². The normalized spacial score (nSPS) is 14.9. The van der Waals surface area contributed by atoms with Gasteiger partial charge in [0.2, 0.25) is 0 Å². The van der Waals surface area contributed by atoms with Crippen LogP contribution in [0.5, 0.6) is 0 Å². The molecule has 0 atom stereocenters. The van der Waals surface area contributed by atoms with Gasteiger partial charge in [-0.25, -0.2) is 0 Å². The summed E-state index contributed by atoms with van der Waals surface area (Å²) >= 11 is 1.85. The molecule has 28 heavy (non-hydrogen) atoms. The SMILES string of the molecule is O=C(c1cccc(CO[N+](=O)[O-])c1)N1CCC(c2cc3ccccc3s2)CC1. The third kappa shape index (κ3) is 3.99. The Morgan fingerprint density at radius 2 is 1.93 bits per heavy atom. The predicted molar refractivity (Wildman–Crippen MR) is 108 cm³/mol. The molecule has 0 spiro atoms. The summed E-state index contributed by atoms with van der Waals surface area (Å²) in [6, 6.07) is 17.6. The quantitative estimate of drug-likeness (QED) is 0.466. The summed E-state index contributed by atoms with van der Waals surface area (Å²) in [7, 11) is 0. The largest absolute Gasteiger partial charge is 0.339 e. The maximum Gasteiger partial charge on any atom is 0.294 e. The highest BCUT2D eigenvalue weighted by atomic mass is 32.1. The van der Waals surface area contributed by atoms with Gasteiger partial charge in [0, 0.05) is 28.2 Å². The summed E-state index contributed by atoms with van der Waals surface area (Å²) < 4.78 is 1.31. The average molecular weight is 396 g/mol. The van der Waals surface area contributed by atoms with Crippen LogP contribution < -0.4 is 0 Å². The molecule has 1 amide bonds. The Kier molecular flexibility index (Phi) is 5.25. The standard InChI is InChI=1S/C21H20N2O4S/c24-21(18-6-3-4-15(12-18)14-27-23(25)26)22-10-8-16(9-11-22)20-13-17-5-1-2-7-19(17)28-20/h1-7,12-13,16H,8-11,14H2. The zero-order valence-electron chi connectivity index (χ0n) is 15.2. The summed E-state index contributed by atoms with van der Waals surface area (Å²) in [6.45, 7) is 1.28. The van der Waals surface area contributed by atoms with E-state index in [2.05, 4.69) is 35.2 Å². The molecule has 3 aromatic rings. The van der Waals surface area contributed by atoms with Crippen LogP contribution in [-0.2, 0) is 11.4 Å². The van der Waals surface area contributed by atoms with Gasteiger partial charge in [-0.1, -0.05) is 30.3 Å². The summed E-state index contributed by atoms with van der Waals surface area (Å²) in [4.78, 5) is 30.8. The summed E-state index contributed by atoms with van der Waals surface area (Å²) in [5.74, 6) is 0.457. The number of thiophene rings is 1. The molecular weight excluding hydrogens is 376 g/mol. The molecular formula is C21H20N2O4S. The van der Waals surface area contributed by atoms with Crippen molar-refractivity contribution in [1.82, 2.24) is 4.90 Å². The molecule has 1 aliphatic rings. The van der Waals surface area contributed by atoms with E-state index in [4.69, 9.17) is 0 Å². The molecule has 0 bridgehead atoms. The Morgan fingerprint density at radius 1 is 1.14 bits per heavy atom. The lowest BCUT2D eigenvalue weighted by atomic mass is 9.94. The van der Waals surface area contributed by atoms with Crippen LogP contribution in [0.1, 0.15) is 39.6 Å². The van der Waals surface area contributed by atoms with Gasteiger partial charge in [0.15, 0.2) is 0 Å². The fraction of sp³-hybridized carbons (Fsp3) is 0.286. The minimum Gasteiger partial charge on any atom is -0.339 e. The van der Waals surface area contributed by atoms with E-state index in [9.17, 15) is 14.9 Å². The summed E-state index contributed by atoms with van der Waals surface area (Å²) in [5.41, 5.74) is 1.16. The summed E-state index contributed by atoms with van der Waals surface area (Å²) in [6.07, 6.45) is 1.89. The van der Waals surface area contributed by atoms with Crippen LogP contribution in [0.25, 0.3) is 10.1 Å². The number of hydrogen-bond donors (Lipinski definition) is 0. The molecule has 7 heteroatoms. The molecule has 144 valence electrons. The lowest BCUT2D eigenvalue weighted by molar-refractivity contribution is -0.763. The van der Waals surface area contributed by atoms with Gasteiger partial charge in [0.25, 0.3) is 11.0 Å². The van der Waals surface area contributed by atoms with Gasteiger partial charge < -0.3 is 9.74 Å². The van der Waals surface area contributed by atoms with E-state index in [1.165, 1.54) is 15.0 Å². The van der Waals surface area contributed by atoms with Crippen LogP contribution in [0.3, 0.4) is 0 Å². The van der Waals surface area contributed by atoms with Crippen molar-refractivity contribution in [3.63, 3.8) is 0 Å². The van der Waals surface area contributed by atoms with Gasteiger partial charge in [0.05, 0.1) is 0 Å². The first-order valence-electron chi connectivity index (χ1n) is 9.24. The number of amides is 1. The second kappa shape index (κ2) is 7.98.